The van der Waals surface area contributed by atoms with E-state index >= 15 is 0 Å². The van der Waals surface area contributed by atoms with Gasteiger partial charge in [0.1, 0.15) is 5.60 Å². The Morgan fingerprint density at radius 2 is 1.54 bits per heavy atom. The first kappa shape index (κ1) is 21.5. The van der Waals surface area contributed by atoms with Gasteiger partial charge in [-0.05, 0) is 38.8 Å². The summed E-state index contributed by atoms with van der Waals surface area (Å²) in [5.41, 5.74) is 0.484. The Bertz CT molecular complexity index is 636. The van der Waals surface area contributed by atoms with Gasteiger partial charge in [-0.15, -0.1) is 0 Å². The van der Waals surface area contributed by atoms with Gasteiger partial charge >= 0.3 is 6.09 Å². The van der Waals surface area contributed by atoms with Gasteiger partial charge in [-0.3, -0.25) is 9.59 Å². The number of benzene rings is 1. The fourth-order valence-electron chi connectivity index (χ4n) is 2.08. The minimum absolute atomic E-state index is 0.0908. The number of anilines is 2. The number of carbonyl (C=O) groups is 3. The van der Waals surface area contributed by atoms with E-state index in [1.807, 2.05) is 13.8 Å². The molecule has 0 aliphatic carbocycles. The van der Waals surface area contributed by atoms with Crippen LogP contribution in [-0.2, 0) is 14.3 Å². The molecule has 0 unspecified atom stereocenters. The lowest BCUT2D eigenvalue weighted by Gasteiger charge is -2.19. The number of nitrogens with one attached hydrogen (secondary N) is 3. The molecular formula is C19H29N3O4. The first-order valence-corrected chi connectivity index (χ1v) is 8.72. The number of hydrogen-bond acceptors (Lipinski definition) is 4. The minimum atomic E-state index is -0.584. The third-order valence-corrected chi connectivity index (χ3v) is 3.09. The van der Waals surface area contributed by atoms with E-state index in [1.165, 1.54) is 0 Å². The van der Waals surface area contributed by atoms with Gasteiger partial charge in [-0.25, -0.2) is 4.79 Å². The number of rotatable bonds is 7. The second-order valence-corrected chi connectivity index (χ2v) is 7.42. The molecule has 0 heterocycles. The van der Waals surface area contributed by atoms with Crippen LogP contribution in [0.1, 0.15) is 47.5 Å². The Morgan fingerprint density at radius 1 is 1.00 bits per heavy atom. The standard InChI is InChI=1S/C19H29N3O4/c1-13(2)12-17(24)22-15-9-7-6-8-14(15)21-16(23)10-11-20-18(25)26-19(3,4)5/h6-9,13H,10-12H2,1-5H3,(H,20,25)(H,21,23)(H,22,24). The Balaban J connectivity index is 2.52. The summed E-state index contributed by atoms with van der Waals surface area (Å²) in [7, 11) is 0. The highest BCUT2D eigenvalue weighted by atomic mass is 16.6. The van der Waals surface area contributed by atoms with Crippen molar-refractivity contribution in [1.29, 1.82) is 0 Å². The third kappa shape index (κ3) is 9.05. The average molecular weight is 363 g/mol. The smallest absolute Gasteiger partial charge is 0.407 e. The van der Waals surface area contributed by atoms with Crippen LogP contribution in [0.4, 0.5) is 16.2 Å². The summed E-state index contributed by atoms with van der Waals surface area (Å²) in [6.45, 7) is 9.38. The third-order valence-electron chi connectivity index (χ3n) is 3.09. The molecule has 0 saturated carbocycles. The quantitative estimate of drug-likeness (QED) is 0.690. The summed E-state index contributed by atoms with van der Waals surface area (Å²) < 4.78 is 5.10. The summed E-state index contributed by atoms with van der Waals surface area (Å²) in [5, 5.41) is 8.08. The number of carbonyl (C=O) groups excluding carboxylic acids is 3. The van der Waals surface area contributed by atoms with Crippen LogP contribution in [0.2, 0.25) is 0 Å². The van der Waals surface area contributed by atoms with E-state index in [0.29, 0.717) is 17.8 Å². The van der Waals surface area contributed by atoms with Crippen molar-refractivity contribution in [3.8, 4) is 0 Å². The average Bonchev–Trinajstić information content (AvgIpc) is 2.46. The largest absolute Gasteiger partial charge is 0.444 e. The van der Waals surface area contributed by atoms with Crippen LogP contribution in [0.3, 0.4) is 0 Å². The lowest BCUT2D eigenvalue weighted by atomic mass is 10.1. The monoisotopic (exact) mass is 363 g/mol. The SMILES string of the molecule is CC(C)CC(=O)Nc1ccccc1NC(=O)CCNC(=O)OC(C)(C)C. The maximum absolute atomic E-state index is 12.1. The molecule has 0 aliphatic heterocycles. The zero-order chi connectivity index (χ0) is 19.7. The van der Waals surface area contributed by atoms with E-state index < -0.39 is 11.7 Å². The van der Waals surface area contributed by atoms with Gasteiger partial charge < -0.3 is 20.7 Å². The highest BCUT2D eigenvalue weighted by molar-refractivity contribution is 5.99. The van der Waals surface area contributed by atoms with Crippen LogP contribution in [0, 0.1) is 5.92 Å². The lowest BCUT2D eigenvalue weighted by molar-refractivity contribution is -0.117. The second kappa shape index (κ2) is 9.79. The summed E-state index contributed by atoms with van der Waals surface area (Å²) in [6.07, 6.45) is -0.0676. The van der Waals surface area contributed by atoms with Gasteiger partial charge in [0.2, 0.25) is 11.8 Å². The van der Waals surface area contributed by atoms with Crippen molar-refractivity contribution in [2.45, 2.75) is 53.1 Å². The molecule has 3 N–H and O–H groups in total. The number of para-hydroxylation sites is 2. The number of amides is 3. The molecule has 1 aromatic rings. The molecule has 0 saturated heterocycles. The van der Waals surface area contributed by atoms with Crippen LogP contribution in [0.5, 0.6) is 0 Å². The Hall–Kier alpha value is -2.57. The Morgan fingerprint density at radius 3 is 2.04 bits per heavy atom. The fourth-order valence-corrected chi connectivity index (χ4v) is 2.08. The van der Waals surface area contributed by atoms with Crippen LogP contribution >= 0.6 is 0 Å². The van der Waals surface area contributed by atoms with E-state index in [2.05, 4.69) is 16.0 Å². The summed E-state index contributed by atoms with van der Waals surface area (Å²) in [4.78, 5) is 35.6. The normalized spacial score (nSPS) is 11.0. The fraction of sp³-hybridized carbons (Fsp3) is 0.526. The molecule has 0 aromatic heterocycles. The molecule has 7 heteroatoms. The molecule has 7 nitrogen and oxygen atoms in total. The summed E-state index contributed by atoms with van der Waals surface area (Å²) >= 11 is 0. The van der Waals surface area contributed by atoms with Gasteiger partial charge in [0.05, 0.1) is 11.4 Å². The van der Waals surface area contributed by atoms with Crippen molar-refractivity contribution in [2.24, 2.45) is 5.92 Å². The number of alkyl carbamates (subject to hydrolysis) is 1. The highest BCUT2D eigenvalue weighted by Crippen LogP contribution is 2.21. The molecule has 0 aliphatic rings. The van der Waals surface area contributed by atoms with Gasteiger partial charge in [0, 0.05) is 19.4 Å². The topological polar surface area (TPSA) is 96.5 Å². The lowest BCUT2D eigenvalue weighted by Crippen LogP contribution is -2.34. The minimum Gasteiger partial charge on any atom is -0.444 e. The Labute approximate surface area is 154 Å². The van der Waals surface area contributed by atoms with Crippen LogP contribution in [0.25, 0.3) is 0 Å². The molecule has 0 bridgehead atoms. The highest BCUT2D eigenvalue weighted by Gasteiger charge is 2.16. The first-order chi connectivity index (χ1) is 12.1. The Kier molecular flexibility index (Phi) is 8.09. The van der Waals surface area contributed by atoms with Crippen LogP contribution in [-0.4, -0.2) is 30.1 Å². The molecule has 3 amide bonds. The molecular weight excluding hydrogens is 334 g/mol. The predicted molar refractivity (Wildman–Crippen MR) is 102 cm³/mol. The van der Waals surface area contributed by atoms with E-state index in [0.717, 1.165) is 0 Å². The van der Waals surface area contributed by atoms with E-state index in [9.17, 15) is 14.4 Å². The molecule has 0 fully saturated rings. The zero-order valence-corrected chi connectivity index (χ0v) is 16.1. The maximum atomic E-state index is 12.1. The molecule has 0 spiro atoms. The zero-order valence-electron chi connectivity index (χ0n) is 16.1. The van der Waals surface area contributed by atoms with Crippen molar-refractivity contribution >= 4 is 29.3 Å². The maximum Gasteiger partial charge on any atom is 0.407 e. The van der Waals surface area contributed by atoms with Crippen LogP contribution < -0.4 is 16.0 Å². The van der Waals surface area contributed by atoms with E-state index in [4.69, 9.17) is 4.74 Å². The molecule has 26 heavy (non-hydrogen) atoms. The first-order valence-electron chi connectivity index (χ1n) is 8.72. The van der Waals surface area contributed by atoms with Crippen molar-refractivity contribution in [2.75, 3.05) is 17.2 Å². The second-order valence-electron chi connectivity index (χ2n) is 7.42. The van der Waals surface area contributed by atoms with Crippen molar-refractivity contribution < 1.29 is 19.1 Å². The van der Waals surface area contributed by atoms with Crippen LogP contribution in [0.15, 0.2) is 24.3 Å². The van der Waals surface area contributed by atoms with Crippen molar-refractivity contribution in [3.63, 3.8) is 0 Å². The van der Waals surface area contributed by atoms with E-state index in [-0.39, 0.29) is 30.7 Å². The summed E-state index contributed by atoms with van der Waals surface area (Å²) in [5.74, 6) is -0.129. The molecule has 0 radical (unpaired) electrons. The molecule has 1 aromatic carbocycles. The van der Waals surface area contributed by atoms with Gasteiger partial charge in [0.15, 0.2) is 0 Å². The number of ether oxygens (including phenoxy) is 1. The molecule has 144 valence electrons. The van der Waals surface area contributed by atoms with Gasteiger partial charge in [-0.2, -0.15) is 0 Å². The van der Waals surface area contributed by atoms with Crippen molar-refractivity contribution in [1.82, 2.24) is 5.32 Å². The van der Waals surface area contributed by atoms with Gasteiger partial charge in [-0.1, -0.05) is 26.0 Å². The predicted octanol–water partition coefficient (Wildman–Crippen LogP) is 3.52. The number of hydrogen-bond donors (Lipinski definition) is 3. The van der Waals surface area contributed by atoms with E-state index in [1.54, 1.807) is 45.0 Å². The van der Waals surface area contributed by atoms with Crippen molar-refractivity contribution in [3.05, 3.63) is 24.3 Å². The van der Waals surface area contributed by atoms with Gasteiger partial charge in [0.25, 0.3) is 0 Å². The summed E-state index contributed by atoms with van der Waals surface area (Å²) in [6, 6.07) is 6.99. The molecule has 0 atom stereocenters. The molecule has 1 rings (SSSR count).